The zero-order valence-electron chi connectivity index (χ0n) is 10.8. The van der Waals surface area contributed by atoms with Gasteiger partial charge in [0.2, 0.25) is 5.91 Å². The summed E-state index contributed by atoms with van der Waals surface area (Å²) in [4.78, 5) is 13.8. The van der Waals surface area contributed by atoms with Gasteiger partial charge in [-0.1, -0.05) is 0 Å². The number of carbonyl (C=O) groups excluding carboxylic acids is 1. The van der Waals surface area contributed by atoms with E-state index < -0.39 is 0 Å². The molecule has 0 radical (unpaired) electrons. The van der Waals surface area contributed by atoms with E-state index in [2.05, 4.69) is 5.32 Å². The largest absolute Gasteiger partial charge is 0.372 e. The molecule has 17 heavy (non-hydrogen) atoms. The molecule has 4 nitrogen and oxygen atoms in total. The molecule has 0 aliphatic carbocycles. The van der Waals surface area contributed by atoms with Crippen molar-refractivity contribution in [3.63, 3.8) is 0 Å². The van der Waals surface area contributed by atoms with Gasteiger partial charge in [0.05, 0.1) is 0 Å². The van der Waals surface area contributed by atoms with Crippen LogP contribution in [-0.2, 0) is 9.53 Å². The van der Waals surface area contributed by atoms with Gasteiger partial charge >= 0.3 is 0 Å². The lowest BCUT2D eigenvalue weighted by Crippen LogP contribution is -2.50. The van der Waals surface area contributed by atoms with Gasteiger partial charge < -0.3 is 15.0 Å². The molecule has 0 atom stereocenters. The molecule has 1 amide bonds. The maximum Gasteiger partial charge on any atom is 0.248 e. The van der Waals surface area contributed by atoms with Crippen molar-refractivity contribution in [1.29, 1.82) is 0 Å². The van der Waals surface area contributed by atoms with E-state index in [4.69, 9.17) is 4.74 Å². The van der Waals surface area contributed by atoms with Crippen molar-refractivity contribution < 1.29 is 9.53 Å². The van der Waals surface area contributed by atoms with Crippen molar-refractivity contribution in [3.8, 4) is 0 Å². The fourth-order valence-corrected chi connectivity index (χ4v) is 2.97. The van der Waals surface area contributed by atoms with E-state index in [1.54, 1.807) is 0 Å². The smallest absolute Gasteiger partial charge is 0.248 e. The number of likely N-dealkylation sites (tertiary alicyclic amines) is 1. The van der Waals surface area contributed by atoms with Gasteiger partial charge in [-0.05, 0) is 44.6 Å². The highest BCUT2D eigenvalue weighted by Gasteiger charge is 2.36. The molecule has 0 unspecified atom stereocenters. The summed E-state index contributed by atoms with van der Waals surface area (Å²) in [5, 5.41) is 3.50. The minimum Gasteiger partial charge on any atom is -0.372 e. The highest BCUT2D eigenvalue weighted by atomic mass is 16.5. The van der Waals surface area contributed by atoms with Crippen molar-refractivity contribution in [2.24, 2.45) is 5.41 Å². The van der Waals surface area contributed by atoms with Gasteiger partial charge in [-0.15, -0.1) is 0 Å². The third-order valence-electron chi connectivity index (χ3n) is 4.17. The predicted octanol–water partition coefficient (Wildman–Crippen LogP) is 1.02. The van der Waals surface area contributed by atoms with Gasteiger partial charge in [-0.2, -0.15) is 0 Å². The molecule has 2 aliphatic rings. The zero-order chi connectivity index (χ0) is 12.1. The quantitative estimate of drug-likeness (QED) is 0.800. The molecule has 1 spiro atoms. The van der Waals surface area contributed by atoms with Crippen LogP contribution >= 0.6 is 0 Å². The van der Waals surface area contributed by atoms with Crippen LogP contribution in [-0.4, -0.2) is 50.2 Å². The van der Waals surface area contributed by atoms with E-state index in [1.165, 1.54) is 12.8 Å². The SMILES string of the molecule is CCOCC(=O)N1CCC2(CCCNC2)CC1. The Hall–Kier alpha value is -0.610. The minimum atomic E-state index is 0.158. The molecule has 98 valence electrons. The summed E-state index contributed by atoms with van der Waals surface area (Å²) in [6.07, 6.45) is 4.91. The van der Waals surface area contributed by atoms with Crippen LogP contribution in [0.5, 0.6) is 0 Å². The van der Waals surface area contributed by atoms with Crippen LogP contribution in [0.1, 0.15) is 32.6 Å². The summed E-state index contributed by atoms with van der Waals surface area (Å²) in [7, 11) is 0. The average Bonchev–Trinajstić information content (AvgIpc) is 2.38. The second-order valence-corrected chi connectivity index (χ2v) is 5.30. The summed E-state index contributed by atoms with van der Waals surface area (Å²) < 4.78 is 5.18. The van der Waals surface area contributed by atoms with Crippen LogP contribution in [0.2, 0.25) is 0 Å². The number of amides is 1. The van der Waals surface area contributed by atoms with Gasteiger partial charge in [0.25, 0.3) is 0 Å². The zero-order valence-corrected chi connectivity index (χ0v) is 10.8. The Morgan fingerprint density at radius 2 is 2.12 bits per heavy atom. The maximum absolute atomic E-state index is 11.8. The Balaban J connectivity index is 1.78. The van der Waals surface area contributed by atoms with Crippen molar-refractivity contribution in [3.05, 3.63) is 0 Å². The number of carbonyl (C=O) groups is 1. The van der Waals surface area contributed by atoms with E-state index in [0.29, 0.717) is 12.0 Å². The summed E-state index contributed by atoms with van der Waals surface area (Å²) in [6, 6.07) is 0. The van der Waals surface area contributed by atoms with Crippen molar-refractivity contribution in [2.75, 3.05) is 39.4 Å². The number of nitrogens with zero attached hydrogens (tertiary/aromatic N) is 1. The molecule has 2 aliphatic heterocycles. The number of ether oxygens (including phenoxy) is 1. The molecular weight excluding hydrogens is 216 g/mol. The number of piperidine rings is 2. The maximum atomic E-state index is 11.8. The number of hydrogen-bond acceptors (Lipinski definition) is 3. The minimum absolute atomic E-state index is 0.158. The first-order chi connectivity index (χ1) is 8.26. The Morgan fingerprint density at radius 1 is 1.35 bits per heavy atom. The van der Waals surface area contributed by atoms with E-state index in [0.717, 1.165) is 39.0 Å². The molecule has 2 heterocycles. The molecule has 0 aromatic heterocycles. The van der Waals surface area contributed by atoms with E-state index in [9.17, 15) is 4.79 Å². The Kier molecular flexibility index (Phi) is 4.40. The van der Waals surface area contributed by atoms with Gasteiger partial charge in [0.1, 0.15) is 6.61 Å². The summed E-state index contributed by atoms with van der Waals surface area (Å²) in [5.74, 6) is 0.158. The van der Waals surface area contributed by atoms with Crippen LogP contribution in [0.25, 0.3) is 0 Å². The lowest BCUT2D eigenvalue weighted by molar-refractivity contribution is -0.138. The highest BCUT2D eigenvalue weighted by molar-refractivity contribution is 5.77. The first-order valence-corrected chi connectivity index (χ1v) is 6.82. The molecule has 0 aromatic rings. The van der Waals surface area contributed by atoms with E-state index >= 15 is 0 Å². The van der Waals surface area contributed by atoms with E-state index in [1.807, 2.05) is 11.8 Å². The van der Waals surface area contributed by atoms with Gasteiger partial charge in [0.15, 0.2) is 0 Å². The van der Waals surface area contributed by atoms with Gasteiger partial charge in [0, 0.05) is 26.2 Å². The van der Waals surface area contributed by atoms with Crippen LogP contribution in [0.4, 0.5) is 0 Å². The lowest BCUT2D eigenvalue weighted by Gasteiger charge is -2.44. The van der Waals surface area contributed by atoms with Crippen molar-refractivity contribution >= 4 is 5.91 Å². The van der Waals surface area contributed by atoms with Crippen molar-refractivity contribution in [2.45, 2.75) is 32.6 Å². The van der Waals surface area contributed by atoms with Gasteiger partial charge in [-0.3, -0.25) is 4.79 Å². The standard InChI is InChI=1S/C13H24N2O2/c1-2-17-10-12(16)15-8-5-13(6-9-15)4-3-7-14-11-13/h14H,2-11H2,1H3. The van der Waals surface area contributed by atoms with Gasteiger partial charge in [-0.25, -0.2) is 0 Å². The second kappa shape index (κ2) is 5.83. The fraction of sp³-hybridized carbons (Fsp3) is 0.923. The molecule has 4 heteroatoms. The Morgan fingerprint density at radius 3 is 2.71 bits per heavy atom. The predicted molar refractivity (Wildman–Crippen MR) is 66.8 cm³/mol. The topological polar surface area (TPSA) is 41.6 Å². The van der Waals surface area contributed by atoms with Crippen LogP contribution in [0.15, 0.2) is 0 Å². The summed E-state index contributed by atoms with van der Waals surface area (Å²) in [6.45, 7) is 6.91. The Bertz CT molecular complexity index is 252. The normalized spacial score (nSPS) is 23.9. The molecule has 2 saturated heterocycles. The van der Waals surface area contributed by atoms with Crippen LogP contribution in [0.3, 0.4) is 0 Å². The molecule has 0 aromatic carbocycles. The molecule has 0 saturated carbocycles. The average molecular weight is 240 g/mol. The molecular formula is C13H24N2O2. The number of rotatable bonds is 3. The van der Waals surface area contributed by atoms with Crippen LogP contribution in [0, 0.1) is 5.41 Å². The Labute approximate surface area is 104 Å². The molecule has 2 rings (SSSR count). The summed E-state index contributed by atoms with van der Waals surface area (Å²) >= 11 is 0. The molecule has 2 fully saturated rings. The second-order valence-electron chi connectivity index (χ2n) is 5.30. The molecule has 0 bridgehead atoms. The third kappa shape index (κ3) is 3.19. The highest BCUT2D eigenvalue weighted by Crippen LogP contribution is 2.37. The number of nitrogens with one attached hydrogen (secondary N) is 1. The fourth-order valence-electron chi connectivity index (χ4n) is 2.97. The monoisotopic (exact) mass is 240 g/mol. The van der Waals surface area contributed by atoms with Crippen LogP contribution < -0.4 is 5.32 Å². The van der Waals surface area contributed by atoms with Crippen molar-refractivity contribution in [1.82, 2.24) is 10.2 Å². The van der Waals surface area contributed by atoms with E-state index in [-0.39, 0.29) is 12.5 Å². The third-order valence-corrected chi connectivity index (χ3v) is 4.17. The first-order valence-electron chi connectivity index (χ1n) is 6.82. The first kappa shape index (κ1) is 12.8. The molecule has 1 N–H and O–H groups in total. The number of hydrogen-bond donors (Lipinski definition) is 1. The summed E-state index contributed by atoms with van der Waals surface area (Å²) in [5.41, 5.74) is 0.473. The lowest BCUT2D eigenvalue weighted by atomic mass is 9.73.